The van der Waals surface area contributed by atoms with Gasteiger partial charge in [0.15, 0.2) is 0 Å². The Hall–Kier alpha value is 1.19. The van der Waals surface area contributed by atoms with Crippen molar-refractivity contribution in [2.45, 2.75) is 46.1 Å². The Morgan fingerprint density at radius 1 is 1.33 bits per heavy atom. The van der Waals surface area contributed by atoms with Gasteiger partial charge in [0.25, 0.3) is 0 Å². The van der Waals surface area contributed by atoms with Gasteiger partial charge >= 0.3 is 58.4 Å². The summed E-state index contributed by atoms with van der Waals surface area (Å²) in [5, 5.41) is 0. The van der Waals surface area contributed by atoms with Crippen LogP contribution >= 0.6 is 0 Å². The van der Waals surface area contributed by atoms with Crippen molar-refractivity contribution in [3.05, 3.63) is 12.1 Å². The molecular formula is C12H21BF3KO. The van der Waals surface area contributed by atoms with Gasteiger partial charge in [-0.05, 0) is 30.6 Å². The second-order valence-corrected chi connectivity index (χ2v) is 6.08. The van der Waals surface area contributed by atoms with Crippen LogP contribution in [0.5, 0.6) is 0 Å². The van der Waals surface area contributed by atoms with E-state index in [4.69, 9.17) is 4.74 Å². The normalized spacial score (nSPS) is 27.4. The molecule has 0 bridgehead atoms. The molecule has 2 atom stereocenters. The van der Waals surface area contributed by atoms with E-state index in [2.05, 4.69) is 27.4 Å². The Balaban J connectivity index is 0.00000289. The largest absolute Gasteiger partial charge is 1.00 e. The third kappa shape index (κ3) is 6.57. The van der Waals surface area contributed by atoms with Crippen LogP contribution < -0.4 is 51.4 Å². The molecule has 100 valence electrons. The van der Waals surface area contributed by atoms with E-state index in [0.717, 1.165) is 19.3 Å². The first-order chi connectivity index (χ1) is 7.60. The summed E-state index contributed by atoms with van der Waals surface area (Å²) in [4.78, 5) is 0. The van der Waals surface area contributed by atoms with E-state index in [1.54, 1.807) is 0 Å². The van der Waals surface area contributed by atoms with E-state index in [-0.39, 0.29) is 69.5 Å². The molecule has 0 aromatic rings. The minimum Gasteiger partial charge on any atom is -0.445 e. The van der Waals surface area contributed by atoms with E-state index in [9.17, 15) is 12.9 Å². The van der Waals surface area contributed by atoms with Crippen LogP contribution in [0.2, 0.25) is 0 Å². The van der Waals surface area contributed by atoms with Gasteiger partial charge in [0.05, 0.1) is 6.10 Å². The minimum atomic E-state index is -4.96. The molecule has 1 aliphatic rings. The van der Waals surface area contributed by atoms with Crippen LogP contribution in [0.4, 0.5) is 12.9 Å². The maximum atomic E-state index is 12.3. The third-order valence-electron chi connectivity index (χ3n) is 3.31. The zero-order valence-corrected chi connectivity index (χ0v) is 14.9. The van der Waals surface area contributed by atoms with Gasteiger partial charge in [-0.15, -0.1) is 12.1 Å². The number of halogens is 3. The Morgan fingerprint density at radius 2 is 1.89 bits per heavy atom. The summed E-state index contributed by atoms with van der Waals surface area (Å²) in [5.41, 5.74) is -0.575. The second-order valence-electron chi connectivity index (χ2n) is 6.08. The molecule has 0 radical (unpaired) electrons. The molecule has 0 aromatic heterocycles. The van der Waals surface area contributed by atoms with Crippen molar-refractivity contribution in [1.82, 2.24) is 0 Å². The fourth-order valence-electron chi connectivity index (χ4n) is 2.70. The van der Waals surface area contributed by atoms with Crippen LogP contribution in [0.1, 0.15) is 40.0 Å². The van der Waals surface area contributed by atoms with Gasteiger partial charge in [-0.3, -0.25) is 0 Å². The first-order valence-electron chi connectivity index (χ1n) is 6.09. The Bertz CT molecular complexity index is 292. The van der Waals surface area contributed by atoms with Gasteiger partial charge in [-0.1, -0.05) is 20.8 Å². The minimum absolute atomic E-state index is 0. The van der Waals surface area contributed by atoms with Crippen LogP contribution in [-0.4, -0.2) is 19.7 Å². The molecule has 6 heteroatoms. The van der Waals surface area contributed by atoms with Crippen molar-refractivity contribution in [2.75, 3.05) is 6.61 Å². The molecule has 0 aliphatic heterocycles. The van der Waals surface area contributed by atoms with Gasteiger partial charge in [-0.25, -0.2) is 0 Å². The first-order valence-corrected chi connectivity index (χ1v) is 6.09. The van der Waals surface area contributed by atoms with Crippen LogP contribution in [-0.2, 0) is 4.74 Å². The monoisotopic (exact) mass is 288 g/mol. The van der Waals surface area contributed by atoms with E-state index < -0.39 is 12.4 Å². The average molecular weight is 288 g/mol. The molecule has 1 saturated carbocycles. The number of hydrogen-bond donors (Lipinski definition) is 0. The zero-order chi connectivity index (χ0) is 13.3. The average Bonchev–Trinajstić information content (AvgIpc) is 2.09. The smallest absolute Gasteiger partial charge is 0.445 e. The third-order valence-corrected chi connectivity index (χ3v) is 3.31. The summed E-state index contributed by atoms with van der Waals surface area (Å²) in [6, 6.07) is 0. The predicted octanol–water partition coefficient (Wildman–Crippen LogP) is 1.16. The van der Waals surface area contributed by atoms with Crippen molar-refractivity contribution in [3.8, 4) is 0 Å². The van der Waals surface area contributed by atoms with Crippen molar-refractivity contribution in [2.24, 2.45) is 11.3 Å². The molecule has 0 aromatic carbocycles. The quantitative estimate of drug-likeness (QED) is 0.706. The summed E-state index contributed by atoms with van der Waals surface area (Å²) < 4.78 is 42.3. The Kier molecular flexibility index (Phi) is 7.75. The first kappa shape index (κ1) is 19.2. The van der Waals surface area contributed by atoms with Crippen LogP contribution in [0.3, 0.4) is 0 Å². The number of rotatable bonds is 4. The zero-order valence-electron chi connectivity index (χ0n) is 11.8. The molecular weight excluding hydrogens is 267 g/mol. The van der Waals surface area contributed by atoms with Crippen LogP contribution in [0.15, 0.2) is 12.1 Å². The van der Waals surface area contributed by atoms with E-state index in [1.807, 2.05) is 0 Å². The SMILES string of the molecule is C=C(COC1CC(C)CC(C)(C)C1)[B-](F)(F)F.[K+]. The van der Waals surface area contributed by atoms with Crippen molar-refractivity contribution >= 4 is 6.98 Å². The number of hydrogen-bond acceptors (Lipinski definition) is 1. The maximum Gasteiger partial charge on any atom is 1.00 e. The molecule has 0 amide bonds. The van der Waals surface area contributed by atoms with E-state index >= 15 is 0 Å². The van der Waals surface area contributed by atoms with Gasteiger partial charge in [-0.2, -0.15) is 0 Å². The van der Waals surface area contributed by atoms with Crippen molar-refractivity contribution in [1.29, 1.82) is 0 Å². The Labute approximate surface area is 150 Å². The Morgan fingerprint density at radius 3 is 2.33 bits per heavy atom. The fraction of sp³-hybridized carbons (Fsp3) is 0.833. The van der Waals surface area contributed by atoms with Gasteiger partial charge in [0, 0.05) is 6.61 Å². The molecule has 1 fully saturated rings. The molecule has 18 heavy (non-hydrogen) atoms. The van der Waals surface area contributed by atoms with Crippen LogP contribution in [0, 0.1) is 11.3 Å². The van der Waals surface area contributed by atoms with Crippen molar-refractivity contribution < 1.29 is 69.1 Å². The number of ether oxygens (including phenoxy) is 1. The standard InChI is InChI=1S/C12H21BF3O.K/c1-9-5-11(7-12(3,4)6-9)17-8-10(2)13(14,15)16;/h9,11H,2,5-8H2,1,3-4H3;/q-1;+1. The van der Waals surface area contributed by atoms with Crippen LogP contribution in [0.25, 0.3) is 0 Å². The molecule has 1 aliphatic carbocycles. The van der Waals surface area contributed by atoms with Gasteiger partial charge < -0.3 is 17.7 Å². The summed E-state index contributed by atoms with van der Waals surface area (Å²) in [7, 11) is 0. The van der Waals surface area contributed by atoms with E-state index in [1.165, 1.54) is 0 Å². The summed E-state index contributed by atoms with van der Waals surface area (Å²) in [5.74, 6) is 0.508. The predicted molar refractivity (Wildman–Crippen MR) is 64.8 cm³/mol. The molecule has 2 unspecified atom stereocenters. The fourth-order valence-corrected chi connectivity index (χ4v) is 2.70. The molecule has 0 N–H and O–H groups in total. The molecule has 0 heterocycles. The summed E-state index contributed by atoms with van der Waals surface area (Å²) >= 11 is 0. The molecule has 0 saturated heterocycles. The molecule has 1 rings (SSSR count). The van der Waals surface area contributed by atoms with E-state index in [0.29, 0.717) is 5.92 Å². The van der Waals surface area contributed by atoms with Gasteiger partial charge in [0.1, 0.15) is 0 Å². The topological polar surface area (TPSA) is 9.23 Å². The summed E-state index contributed by atoms with van der Waals surface area (Å²) in [6.45, 7) is 4.11. The maximum absolute atomic E-state index is 12.3. The molecule has 1 nitrogen and oxygen atoms in total. The van der Waals surface area contributed by atoms with Crippen molar-refractivity contribution in [3.63, 3.8) is 0 Å². The van der Waals surface area contributed by atoms with Gasteiger partial charge in [0.2, 0.25) is 0 Å². The summed E-state index contributed by atoms with van der Waals surface area (Å²) in [6.07, 6.45) is 2.72. The molecule has 0 spiro atoms. The second kappa shape index (κ2) is 7.27.